The lowest BCUT2D eigenvalue weighted by molar-refractivity contribution is 0.334. The second-order valence-corrected chi connectivity index (χ2v) is 6.01. The molecule has 0 fully saturated rings. The number of rotatable bonds is 5. The summed E-state index contributed by atoms with van der Waals surface area (Å²) in [6, 6.07) is 4.00. The number of benzene rings is 1. The van der Waals surface area contributed by atoms with E-state index in [-0.39, 0.29) is 0 Å². The van der Waals surface area contributed by atoms with Crippen LogP contribution in [0, 0.1) is 0 Å². The number of halogens is 2. The van der Waals surface area contributed by atoms with Crippen molar-refractivity contribution in [3.05, 3.63) is 32.2 Å². The molecule has 0 bridgehead atoms. The fraction of sp³-hybridized carbons (Fsp3) is 0.273. The summed E-state index contributed by atoms with van der Waals surface area (Å²) < 4.78 is 7.60. The molecule has 2 aromatic rings. The Hall–Kier alpha value is -0.660. The van der Waals surface area contributed by atoms with Crippen molar-refractivity contribution in [1.29, 1.82) is 0 Å². The highest BCUT2D eigenvalue weighted by molar-refractivity contribution is 9.11. The van der Waals surface area contributed by atoms with Crippen LogP contribution in [0.1, 0.15) is 12.5 Å². The monoisotopic (exact) mass is 391 g/mol. The second kappa shape index (κ2) is 6.49. The molecule has 0 unspecified atom stereocenters. The first-order chi connectivity index (χ1) is 8.70. The predicted molar refractivity (Wildman–Crippen MR) is 80.2 cm³/mol. The van der Waals surface area contributed by atoms with E-state index >= 15 is 0 Å². The van der Waals surface area contributed by atoms with E-state index in [0.717, 1.165) is 25.4 Å². The number of nitrogens with one attached hydrogen (secondary N) is 1. The van der Waals surface area contributed by atoms with Crippen molar-refractivity contribution in [1.82, 2.24) is 10.2 Å². The molecule has 0 saturated carbocycles. The van der Waals surface area contributed by atoms with Crippen LogP contribution in [-0.4, -0.2) is 16.8 Å². The number of nitrogens with zero attached hydrogens (tertiary/aromatic N) is 2. The fourth-order valence-electron chi connectivity index (χ4n) is 1.47. The fourth-order valence-corrected chi connectivity index (χ4v) is 3.34. The number of anilines is 1. The Morgan fingerprint density at radius 1 is 1.39 bits per heavy atom. The standard InChI is InChI=1S/C11H11Br2N3OS/c1-2-17-10-7(3-8(12)4-9(10)13)5-14-11-16-15-6-18-11/h3-4,6H,2,5H2,1H3,(H,14,16). The first-order valence-electron chi connectivity index (χ1n) is 5.31. The van der Waals surface area contributed by atoms with Gasteiger partial charge in [-0.3, -0.25) is 0 Å². The van der Waals surface area contributed by atoms with E-state index in [9.17, 15) is 0 Å². The highest BCUT2D eigenvalue weighted by Crippen LogP contribution is 2.33. The van der Waals surface area contributed by atoms with Gasteiger partial charge in [0.25, 0.3) is 0 Å². The molecule has 2 rings (SSSR count). The summed E-state index contributed by atoms with van der Waals surface area (Å²) in [6.45, 7) is 3.24. The minimum Gasteiger partial charge on any atom is -0.492 e. The Labute approximate surface area is 126 Å². The van der Waals surface area contributed by atoms with Crippen LogP contribution in [0.25, 0.3) is 0 Å². The van der Waals surface area contributed by atoms with Gasteiger partial charge in [0.05, 0.1) is 11.1 Å². The molecule has 1 N–H and O–H groups in total. The van der Waals surface area contributed by atoms with E-state index in [2.05, 4.69) is 47.4 Å². The number of hydrogen-bond acceptors (Lipinski definition) is 5. The lowest BCUT2D eigenvalue weighted by Crippen LogP contribution is -2.04. The number of aromatic nitrogens is 2. The van der Waals surface area contributed by atoms with Crippen molar-refractivity contribution >= 4 is 48.3 Å². The third-order valence-corrected chi connectivity index (χ3v) is 3.86. The Kier molecular flexibility index (Phi) is 4.96. The maximum atomic E-state index is 5.65. The van der Waals surface area contributed by atoms with Crippen molar-refractivity contribution in [2.45, 2.75) is 13.5 Å². The van der Waals surface area contributed by atoms with Crippen LogP contribution in [0.2, 0.25) is 0 Å². The SMILES string of the molecule is CCOc1c(Br)cc(Br)cc1CNc1nncs1. The Morgan fingerprint density at radius 3 is 2.89 bits per heavy atom. The van der Waals surface area contributed by atoms with Crippen molar-refractivity contribution in [3.8, 4) is 5.75 Å². The van der Waals surface area contributed by atoms with Gasteiger partial charge in [-0.05, 0) is 35.0 Å². The minimum atomic E-state index is 0.631. The molecule has 0 aliphatic rings. The lowest BCUT2D eigenvalue weighted by Gasteiger charge is -2.13. The van der Waals surface area contributed by atoms with Gasteiger partial charge in [0.15, 0.2) is 0 Å². The number of ether oxygens (including phenoxy) is 1. The molecular formula is C11H11Br2N3OS. The highest BCUT2D eigenvalue weighted by Gasteiger charge is 2.10. The van der Waals surface area contributed by atoms with Crippen LogP contribution >= 0.6 is 43.2 Å². The Morgan fingerprint density at radius 2 is 2.22 bits per heavy atom. The molecule has 1 aromatic heterocycles. The van der Waals surface area contributed by atoms with Gasteiger partial charge in [-0.15, -0.1) is 10.2 Å². The summed E-state index contributed by atoms with van der Waals surface area (Å²) >= 11 is 8.46. The van der Waals surface area contributed by atoms with E-state index in [1.807, 2.05) is 19.1 Å². The zero-order valence-corrected chi connectivity index (χ0v) is 13.6. The molecule has 0 radical (unpaired) electrons. The summed E-state index contributed by atoms with van der Waals surface area (Å²) in [6.07, 6.45) is 0. The zero-order chi connectivity index (χ0) is 13.0. The van der Waals surface area contributed by atoms with Crippen LogP contribution in [0.3, 0.4) is 0 Å². The van der Waals surface area contributed by atoms with E-state index < -0.39 is 0 Å². The average molecular weight is 393 g/mol. The third-order valence-electron chi connectivity index (χ3n) is 2.16. The van der Waals surface area contributed by atoms with E-state index in [4.69, 9.17) is 4.74 Å². The lowest BCUT2D eigenvalue weighted by atomic mass is 10.2. The molecule has 0 atom stereocenters. The molecule has 4 nitrogen and oxygen atoms in total. The molecule has 1 heterocycles. The zero-order valence-electron chi connectivity index (χ0n) is 9.61. The predicted octanol–water partition coefficient (Wildman–Crippen LogP) is 4.07. The third kappa shape index (κ3) is 3.43. The van der Waals surface area contributed by atoms with Crippen molar-refractivity contribution < 1.29 is 4.74 Å². The van der Waals surface area contributed by atoms with Gasteiger partial charge in [-0.2, -0.15) is 0 Å². The number of hydrogen-bond donors (Lipinski definition) is 1. The molecule has 0 spiro atoms. The smallest absolute Gasteiger partial charge is 0.205 e. The summed E-state index contributed by atoms with van der Waals surface area (Å²) in [5.74, 6) is 0.859. The van der Waals surface area contributed by atoms with Crippen molar-refractivity contribution in [2.24, 2.45) is 0 Å². The Balaban J connectivity index is 2.19. The average Bonchev–Trinajstić information content (AvgIpc) is 2.83. The normalized spacial score (nSPS) is 10.4. The van der Waals surface area contributed by atoms with Gasteiger partial charge in [-0.1, -0.05) is 27.3 Å². The topological polar surface area (TPSA) is 47.0 Å². The van der Waals surface area contributed by atoms with Gasteiger partial charge in [0.1, 0.15) is 11.3 Å². The van der Waals surface area contributed by atoms with Crippen LogP contribution < -0.4 is 10.1 Å². The molecule has 1 aromatic carbocycles. The molecule has 18 heavy (non-hydrogen) atoms. The largest absolute Gasteiger partial charge is 0.492 e. The van der Waals surface area contributed by atoms with Gasteiger partial charge in [0.2, 0.25) is 5.13 Å². The molecule has 0 saturated heterocycles. The summed E-state index contributed by atoms with van der Waals surface area (Å²) in [5, 5.41) is 11.7. The quantitative estimate of drug-likeness (QED) is 0.832. The summed E-state index contributed by atoms with van der Waals surface area (Å²) in [7, 11) is 0. The van der Waals surface area contributed by atoms with Crippen molar-refractivity contribution in [2.75, 3.05) is 11.9 Å². The first-order valence-corrected chi connectivity index (χ1v) is 7.78. The van der Waals surface area contributed by atoms with Gasteiger partial charge in [0, 0.05) is 16.6 Å². The van der Waals surface area contributed by atoms with E-state index in [1.54, 1.807) is 5.51 Å². The minimum absolute atomic E-state index is 0.631. The Bertz CT molecular complexity index is 519. The molecular weight excluding hydrogens is 382 g/mol. The highest BCUT2D eigenvalue weighted by atomic mass is 79.9. The maximum absolute atomic E-state index is 5.65. The van der Waals surface area contributed by atoms with Gasteiger partial charge < -0.3 is 10.1 Å². The summed E-state index contributed by atoms with van der Waals surface area (Å²) in [4.78, 5) is 0. The first kappa shape index (κ1) is 13.8. The van der Waals surface area contributed by atoms with Gasteiger partial charge in [-0.25, -0.2) is 0 Å². The van der Waals surface area contributed by atoms with Crippen LogP contribution in [0.5, 0.6) is 5.75 Å². The van der Waals surface area contributed by atoms with Crippen LogP contribution in [-0.2, 0) is 6.54 Å². The molecule has 0 aliphatic carbocycles. The van der Waals surface area contributed by atoms with E-state index in [1.165, 1.54) is 11.3 Å². The van der Waals surface area contributed by atoms with Crippen LogP contribution in [0.4, 0.5) is 5.13 Å². The second-order valence-electron chi connectivity index (χ2n) is 3.41. The molecule has 0 aliphatic heterocycles. The van der Waals surface area contributed by atoms with Crippen molar-refractivity contribution in [3.63, 3.8) is 0 Å². The summed E-state index contributed by atoms with van der Waals surface area (Å²) in [5.41, 5.74) is 2.76. The molecule has 0 amide bonds. The van der Waals surface area contributed by atoms with Crippen LogP contribution in [0.15, 0.2) is 26.6 Å². The van der Waals surface area contributed by atoms with Gasteiger partial charge >= 0.3 is 0 Å². The molecule has 96 valence electrons. The molecule has 7 heteroatoms. The van der Waals surface area contributed by atoms with E-state index in [0.29, 0.717) is 13.2 Å². The maximum Gasteiger partial charge on any atom is 0.205 e.